The number of halogens is 2. The molecule has 10 heteroatoms. The highest BCUT2D eigenvalue weighted by Crippen LogP contribution is 2.42. The van der Waals surface area contributed by atoms with Gasteiger partial charge in [0.1, 0.15) is 0 Å². The van der Waals surface area contributed by atoms with E-state index in [0.29, 0.717) is 61.8 Å². The summed E-state index contributed by atoms with van der Waals surface area (Å²) in [5.41, 5.74) is 6.48. The Morgan fingerprint density at radius 1 is 0.881 bits per heavy atom. The molecule has 42 heavy (non-hydrogen) atoms. The molecule has 0 unspecified atom stereocenters. The summed E-state index contributed by atoms with van der Waals surface area (Å²) in [6.07, 6.45) is 3.62. The number of piperazine rings is 1. The van der Waals surface area contributed by atoms with Crippen molar-refractivity contribution in [2.45, 2.75) is 69.1 Å². The second kappa shape index (κ2) is 14.2. The number of primary amides is 1. The Kier molecular flexibility index (Phi) is 10.9. The first-order valence-electron chi connectivity index (χ1n) is 14.7. The summed E-state index contributed by atoms with van der Waals surface area (Å²) in [6.45, 7) is 3.28. The number of likely N-dealkylation sites (N-methyl/N-ethyl adjacent to an activating group) is 1. The quantitative estimate of drug-likeness (QED) is 0.368. The molecule has 2 aromatic rings. The van der Waals surface area contributed by atoms with E-state index in [2.05, 4.69) is 36.0 Å². The van der Waals surface area contributed by atoms with E-state index >= 15 is 0 Å². The van der Waals surface area contributed by atoms with Crippen molar-refractivity contribution in [3.8, 4) is 0 Å². The normalized spacial score (nSPS) is 23.1. The van der Waals surface area contributed by atoms with E-state index < -0.39 is 17.5 Å². The predicted molar refractivity (Wildman–Crippen MR) is 165 cm³/mol. The largest absolute Gasteiger partial charge is 0.449 e. The molecule has 2 aliphatic rings. The van der Waals surface area contributed by atoms with Crippen molar-refractivity contribution in [1.29, 1.82) is 0 Å². The molecule has 1 aliphatic heterocycles. The Morgan fingerprint density at radius 2 is 1.50 bits per heavy atom. The third-order valence-electron chi connectivity index (χ3n) is 9.01. The number of hydrogen-bond donors (Lipinski definition) is 1. The average molecular weight is 618 g/mol. The number of amides is 2. The highest BCUT2D eigenvalue weighted by molar-refractivity contribution is 6.35. The van der Waals surface area contributed by atoms with E-state index in [-0.39, 0.29) is 24.3 Å². The maximum Gasteiger partial charge on any atom is 0.306 e. The summed E-state index contributed by atoms with van der Waals surface area (Å²) >= 11 is 12.6. The maximum absolute atomic E-state index is 12.8. The molecule has 8 nitrogen and oxygen atoms in total. The van der Waals surface area contributed by atoms with Gasteiger partial charge in [0, 0.05) is 66.7 Å². The first-order valence-corrected chi connectivity index (χ1v) is 15.5. The van der Waals surface area contributed by atoms with Crippen LogP contribution in [0.15, 0.2) is 48.5 Å². The van der Waals surface area contributed by atoms with E-state index in [1.807, 2.05) is 41.3 Å². The van der Waals surface area contributed by atoms with Crippen molar-refractivity contribution < 1.29 is 19.1 Å². The van der Waals surface area contributed by atoms with E-state index in [1.54, 1.807) is 0 Å². The van der Waals surface area contributed by atoms with Gasteiger partial charge in [-0.05, 0) is 70.3 Å². The minimum Gasteiger partial charge on any atom is -0.449 e. The van der Waals surface area contributed by atoms with Crippen molar-refractivity contribution in [3.63, 3.8) is 0 Å². The third-order valence-corrected chi connectivity index (χ3v) is 9.72. The molecule has 1 saturated carbocycles. The van der Waals surface area contributed by atoms with Crippen LogP contribution in [0.1, 0.15) is 56.1 Å². The topological polar surface area (TPSA) is 96.2 Å². The van der Waals surface area contributed by atoms with Crippen LogP contribution in [0.5, 0.6) is 0 Å². The van der Waals surface area contributed by atoms with Gasteiger partial charge in [0.15, 0.2) is 5.60 Å². The van der Waals surface area contributed by atoms with E-state index in [9.17, 15) is 14.4 Å². The number of rotatable bonds is 11. The number of carbonyl (C=O) groups excluding carboxylic acids is 3. The van der Waals surface area contributed by atoms with Crippen LogP contribution in [0.2, 0.25) is 10.0 Å². The van der Waals surface area contributed by atoms with E-state index in [0.717, 1.165) is 25.1 Å². The Balaban J connectivity index is 1.23. The zero-order chi connectivity index (χ0) is 30.3. The zero-order valence-corrected chi connectivity index (χ0v) is 26.1. The van der Waals surface area contributed by atoms with Crippen LogP contribution in [0.3, 0.4) is 0 Å². The standard InChI is InChI=1S/C32H42Cl2N4O4/c1-36(2)31(22-24-8-4-3-5-9-24)14-16-32(17-15-31,30(35)41)42-29(40)13-7-12-28(39)38-20-18-37(19-21-38)23-25-26(33)10-6-11-27(25)34/h3-6,8-11H,7,12-23H2,1-2H3,(H2,35,41). The molecular weight excluding hydrogens is 575 g/mol. The Morgan fingerprint density at radius 3 is 2.07 bits per heavy atom. The van der Waals surface area contributed by atoms with Gasteiger partial charge >= 0.3 is 5.97 Å². The number of nitrogens with two attached hydrogens (primary N) is 1. The fourth-order valence-electron chi connectivity index (χ4n) is 6.15. The molecule has 2 N–H and O–H groups in total. The summed E-state index contributed by atoms with van der Waals surface area (Å²) in [5, 5.41) is 1.28. The second-order valence-electron chi connectivity index (χ2n) is 11.8. The molecule has 0 atom stereocenters. The van der Waals surface area contributed by atoms with Gasteiger partial charge in [-0.25, -0.2) is 0 Å². The fourth-order valence-corrected chi connectivity index (χ4v) is 6.67. The molecule has 1 aliphatic carbocycles. The molecule has 0 bridgehead atoms. The van der Waals surface area contributed by atoms with Gasteiger partial charge in [-0.15, -0.1) is 0 Å². The van der Waals surface area contributed by atoms with Crippen LogP contribution in [0.25, 0.3) is 0 Å². The third kappa shape index (κ3) is 7.84. The number of ether oxygens (including phenoxy) is 1. The Hall–Kier alpha value is -2.65. The van der Waals surface area contributed by atoms with Crippen LogP contribution in [-0.4, -0.2) is 83.9 Å². The maximum atomic E-state index is 12.8. The lowest BCUT2D eigenvalue weighted by atomic mass is 9.70. The molecule has 0 aromatic heterocycles. The van der Waals surface area contributed by atoms with Crippen molar-refractivity contribution in [2.24, 2.45) is 5.73 Å². The van der Waals surface area contributed by atoms with Crippen molar-refractivity contribution in [2.75, 3.05) is 40.3 Å². The highest BCUT2D eigenvalue weighted by Gasteiger charge is 2.49. The summed E-state index contributed by atoms with van der Waals surface area (Å²) in [6, 6.07) is 15.8. The first-order chi connectivity index (χ1) is 20.0. The minimum absolute atomic E-state index is 0.0113. The molecule has 1 saturated heterocycles. The zero-order valence-electron chi connectivity index (χ0n) is 24.6. The summed E-state index contributed by atoms with van der Waals surface area (Å²) in [5.74, 6) is -1.07. The molecule has 2 aromatic carbocycles. The Labute approximate surface area is 259 Å². The van der Waals surface area contributed by atoms with Gasteiger partial charge in [0.2, 0.25) is 5.91 Å². The molecule has 2 fully saturated rings. The molecule has 2 amide bonds. The summed E-state index contributed by atoms with van der Waals surface area (Å²) in [7, 11) is 4.11. The average Bonchev–Trinajstić information content (AvgIpc) is 2.97. The number of nitrogens with zero attached hydrogens (tertiary/aromatic N) is 3. The van der Waals surface area contributed by atoms with E-state index in [1.165, 1.54) is 5.56 Å². The summed E-state index contributed by atoms with van der Waals surface area (Å²) in [4.78, 5) is 44.5. The van der Waals surface area contributed by atoms with Gasteiger partial charge in [-0.3, -0.25) is 19.3 Å². The van der Waals surface area contributed by atoms with Gasteiger partial charge < -0.3 is 20.3 Å². The van der Waals surface area contributed by atoms with Crippen LogP contribution in [0.4, 0.5) is 0 Å². The van der Waals surface area contributed by atoms with Crippen LogP contribution < -0.4 is 5.73 Å². The number of carbonyl (C=O) groups is 3. The van der Waals surface area contributed by atoms with E-state index in [4.69, 9.17) is 33.7 Å². The van der Waals surface area contributed by atoms with Crippen molar-refractivity contribution >= 4 is 41.0 Å². The highest BCUT2D eigenvalue weighted by atomic mass is 35.5. The lowest BCUT2D eigenvalue weighted by Crippen LogP contribution is -2.57. The molecular formula is C32H42Cl2N4O4. The number of esters is 1. The minimum atomic E-state index is -1.31. The number of hydrogen-bond acceptors (Lipinski definition) is 6. The SMILES string of the molecule is CN(C)C1(Cc2ccccc2)CCC(OC(=O)CCCC(=O)N2CCN(Cc3c(Cl)cccc3Cl)CC2)(C(N)=O)CC1. The molecule has 0 spiro atoms. The van der Waals surface area contributed by atoms with Crippen molar-refractivity contribution in [1.82, 2.24) is 14.7 Å². The van der Waals surface area contributed by atoms with Crippen molar-refractivity contribution in [3.05, 3.63) is 69.7 Å². The summed E-state index contributed by atoms with van der Waals surface area (Å²) < 4.78 is 5.80. The molecule has 1 heterocycles. The second-order valence-corrected chi connectivity index (χ2v) is 12.6. The molecule has 4 rings (SSSR count). The first kappa shape index (κ1) is 32.3. The number of benzene rings is 2. The van der Waals surface area contributed by atoms with Gasteiger partial charge in [-0.2, -0.15) is 0 Å². The van der Waals surface area contributed by atoms with Gasteiger partial charge in [0.05, 0.1) is 0 Å². The molecule has 228 valence electrons. The van der Waals surface area contributed by atoms with Gasteiger partial charge in [-0.1, -0.05) is 59.6 Å². The molecule has 0 radical (unpaired) electrons. The van der Waals surface area contributed by atoms with Crippen LogP contribution in [0, 0.1) is 0 Å². The van der Waals surface area contributed by atoms with Gasteiger partial charge in [0.25, 0.3) is 5.91 Å². The predicted octanol–water partition coefficient (Wildman–Crippen LogP) is 4.69. The monoisotopic (exact) mass is 616 g/mol. The lowest BCUT2D eigenvalue weighted by molar-refractivity contribution is -0.174. The lowest BCUT2D eigenvalue weighted by Gasteiger charge is -2.48. The van der Waals surface area contributed by atoms with Crippen LogP contribution >= 0.6 is 23.2 Å². The van der Waals surface area contributed by atoms with Crippen LogP contribution in [-0.2, 0) is 32.1 Å². The fraction of sp³-hybridized carbons (Fsp3) is 0.531. The smallest absolute Gasteiger partial charge is 0.306 e. The Bertz CT molecular complexity index is 1220.